The minimum absolute atomic E-state index is 0.390. The highest BCUT2D eigenvalue weighted by Gasteiger charge is 2.18. The summed E-state index contributed by atoms with van der Waals surface area (Å²) < 4.78 is 0. The summed E-state index contributed by atoms with van der Waals surface area (Å²) in [5, 5.41) is 12.9. The molecule has 1 unspecified atom stereocenters. The van der Waals surface area contributed by atoms with Gasteiger partial charge < -0.3 is 16.2 Å². The molecule has 0 saturated carbocycles. The molecule has 0 spiro atoms. The van der Waals surface area contributed by atoms with Crippen molar-refractivity contribution in [3.63, 3.8) is 0 Å². The summed E-state index contributed by atoms with van der Waals surface area (Å²) in [4.78, 5) is 7.93. The van der Waals surface area contributed by atoms with Crippen LogP contribution in [0.1, 0.15) is 26.7 Å². The molecule has 1 atom stereocenters. The Balaban J connectivity index is 2.46. The van der Waals surface area contributed by atoms with Gasteiger partial charge in [-0.05, 0) is 13.3 Å². The number of nitrogens with two attached hydrogens (primary N) is 1. The lowest BCUT2D eigenvalue weighted by Gasteiger charge is -2.23. The van der Waals surface area contributed by atoms with Gasteiger partial charge in [0, 0.05) is 6.54 Å². The molecule has 1 aromatic rings. The van der Waals surface area contributed by atoms with Crippen LogP contribution in [0, 0.1) is 0 Å². The lowest BCUT2D eigenvalue weighted by Crippen LogP contribution is -2.33. The van der Waals surface area contributed by atoms with E-state index in [4.69, 9.17) is 5.73 Å². The zero-order valence-electron chi connectivity index (χ0n) is 9.20. The van der Waals surface area contributed by atoms with Crippen molar-refractivity contribution < 1.29 is 5.11 Å². The van der Waals surface area contributed by atoms with Crippen LogP contribution >= 0.6 is 0 Å². The van der Waals surface area contributed by atoms with Gasteiger partial charge in [0.2, 0.25) is 0 Å². The Labute approximate surface area is 89.7 Å². The normalized spacial score (nSPS) is 14.6. The second kappa shape index (κ2) is 4.93. The molecule has 84 valence electrons. The van der Waals surface area contributed by atoms with Crippen LogP contribution in [0.5, 0.6) is 0 Å². The summed E-state index contributed by atoms with van der Waals surface area (Å²) in [5.74, 6) is 1.02. The average molecular weight is 210 g/mol. The maximum absolute atomic E-state index is 9.89. The molecule has 0 aliphatic carbocycles. The summed E-state index contributed by atoms with van der Waals surface area (Å²) >= 11 is 0. The van der Waals surface area contributed by atoms with Gasteiger partial charge in [-0.15, -0.1) is 0 Å². The summed E-state index contributed by atoms with van der Waals surface area (Å²) in [5.41, 5.74) is 4.70. The third kappa shape index (κ3) is 4.12. The summed E-state index contributed by atoms with van der Waals surface area (Å²) in [7, 11) is 0. The van der Waals surface area contributed by atoms with Crippen molar-refractivity contribution in [2.75, 3.05) is 17.6 Å². The molecule has 0 aliphatic rings. The average Bonchev–Trinajstić information content (AvgIpc) is 2.17. The number of aromatic nitrogens is 2. The van der Waals surface area contributed by atoms with Crippen LogP contribution in [0.3, 0.4) is 0 Å². The lowest BCUT2D eigenvalue weighted by atomic mass is 10.0. The van der Waals surface area contributed by atoms with E-state index < -0.39 is 5.60 Å². The van der Waals surface area contributed by atoms with E-state index in [0.717, 1.165) is 12.8 Å². The monoisotopic (exact) mass is 210 g/mol. The molecule has 1 aromatic heterocycles. The number of hydrogen-bond donors (Lipinski definition) is 3. The molecular weight excluding hydrogens is 192 g/mol. The molecule has 4 N–H and O–H groups in total. The first-order valence-corrected chi connectivity index (χ1v) is 5.07. The van der Waals surface area contributed by atoms with Crippen LogP contribution < -0.4 is 11.1 Å². The predicted octanol–water partition coefficient (Wildman–Crippen LogP) is 1.02. The first kappa shape index (κ1) is 11.7. The maximum atomic E-state index is 9.89. The van der Waals surface area contributed by atoms with Crippen LogP contribution in [-0.4, -0.2) is 27.2 Å². The number of anilines is 2. The SMILES string of the molecule is CCCC(C)(O)CNc1cnc(N)cn1. The number of hydrogen-bond acceptors (Lipinski definition) is 5. The van der Waals surface area contributed by atoms with Gasteiger partial charge in [-0.2, -0.15) is 0 Å². The largest absolute Gasteiger partial charge is 0.388 e. The van der Waals surface area contributed by atoms with Crippen molar-refractivity contribution in [1.29, 1.82) is 0 Å². The molecule has 0 amide bonds. The molecule has 0 fully saturated rings. The predicted molar refractivity (Wildman–Crippen MR) is 60.5 cm³/mol. The lowest BCUT2D eigenvalue weighted by molar-refractivity contribution is 0.0636. The van der Waals surface area contributed by atoms with Gasteiger partial charge in [-0.25, -0.2) is 9.97 Å². The minimum atomic E-state index is -0.710. The van der Waals surface area contributed by atoms with E-state index in [-0.39, 0.29) is 0 Å². The van der Waals surface area contributed by atoms with Gasteiger partial charge in [0.25, 0.3) is 0 Å². The number of nitrogens with zero attached hydrogens (tertiary/aromatic N) is 2. The highest BCUT2D eigenvalue weighted by Crippen LogP contribution is 2.12. The molecule has 15 heavy (non-hydrogen) atoms. The molecule has 5 nitrogen and oxygen atoms in total. The quantitative estimate of drug-likeness (QED) is 0.675. The zero-order valence-corrected chi connectivity index (χ0v) is 9.20. The first-order chi connectivity index (χ1) is 7.03. The van der Waals surface area contributed by atoms with E-state index in [1.807, 2.05) is 6.92 Å². The van der Waals surface area contributed by atoms with E-state index in [0.29, 0.717) is 18.2 Å². The second-order valence-electron chi connectivity index (χ2n) is 3.93. The highest BCUT2D eigenvalue weighted by atomic mass is 16.3. The van der Waals surface area contributed by atoms with Crippen LogP contribution in [0.2, 0.25) is 0 Å². The van der Waals surface area contributed by atoms with E-state index >= 15 is 0 Å². The highest BCUT2D eigenvalue weighted by molar-refractivity contribution is 5.36. The second-order valence-corrected chi connectivity index (χ2v) is 3.93. The Morgan fingerprint density at radius 2 is 2.20 bits per heavy atom. The van der Waals surface area contributed by atoms with Crippen molar-refractivity contribution in [3.8, 4) is 0 Å². The fraction of sp³-hybridized carbons (Fsp3) is 0.600. The molecule has 0 saturated heterocycles. The van der Waals surface area contributed by atoms with Crippen molar-refractivity contribution in [3.05, 3.63) is 12.4 Å². The molecule has 5 heteroatoms. The summed E-state index contributed by atoms with van der Waals surface area (Å²) in [6, 6.07) is 0. The standard InChI is InChI=1S/C10H18N4O/c1-3-4-10(2,15)7-14-9-6-12-8(11)5-13-9/h5-6,15H,3-4,7H2,1-2H3,(H2,11,12)(H,13,14). The molecule has 0 aromatic carbocycles. The van der Waals surface area contributed by atoms with Crippen molar-refractivity contribution in [2.45, 2.75) is 32.3 Å². The molecule has 0 bridgehead atoms. The van der Waals surface area contributed by atoms with E-state index in [2.05, 4.69) is 15.3 Å². The Morgan fingerprint density at radius 1 is 1.47 bits per heavy atom. The van der Waals surface area contributed by atoms with Crippen molar-refractivity contribution in [1.82, 2.24) is 9.97 Å². The Bertz CT molecular complexity index is 297. The van der Waals surface area contributed by atoms with Crippen LogP contribution in [-0.2, 0) is 0 Å². The smallest absolute Gasteiger partial charge is 0.144 e. The topological polar surface area (TPSA) is 84.1 Å². The van der Waals surface area contributed by atoms with E-state index in [9.17, 15) is 5.11 Å². The Morgan fingerprint density at radius 3 is 2.73 bits per heavy atom. The minimum Gasteiger partial charge on any atom is -0.388 e. The number of rotatable bonds is 5. The van der Waals surface area contributed by atoms with Crippen LogP contribution in [0.25, 0.3) is 0 Å². The molecule has 1 rings (SSSR count). The molecule has 0 radical (unpaired) electrons. The fourth-order valence-corrected chi connectivity index (χ4v) is 1.34. The van der Waals surface area contributed by atoms with Crippen LogP contribution in [0.4, 0.5) is 11.6 Å². The molecular formula is C10H18N4O. The Hall–Kier alpha value is -1.36. The van der Waals surface area contributed by atoms with Crippen molar-refractivity contribution in [2.24, 2.45) is 0 Å². The summed E-state index contributed by atoms with van der Waals surface area (Å²) in [6.45, 7) is 4.30. The van der Waals surface area contributed by atoms with Gasteiger partial charge in [-0.3, -0.25) is 0 Å². The van der Waals surface area contributed by atoms with Gasteiger partial charge >= 0.3 is 0 Å². The number of aliphatic hydroxyl groups is 1. The van der Waals surface area contributed by atoms with Gasteiger partial charge in [0.05, 0.1) is 18.0 Å². The zero-order chi connectivity index (χ0) is 11.3. The van der Waals surface area contributed by atoms with Crippen molar-refractivity contribution >= 4 is 11.6 Å². The van der Waals surface area contributed by atoms with Gasteiger partial charge in [0.15, 0.2) is 0 Å². The Kier molecular flexibility index (Phi) is 3.85. The van der Waals surface area contributed by atoms with E-state index in [1.165, 1.54) is 6.20 Å². The van der Waals surface area contributed by atoms with Gasteiger partial charge in [-0.1, -0.05) is 13.3 Å². The number of nitrogen functional groups attached to an aromatic ring is 1. The summed E-state index contributed by atoms with van der Waals surface area (Å²) in [6.07, 6.45) is 4.73. The van der Waals surface area contributed by atoms with Crippen LogP contribution in [0.15, 0.2) is 12.4 Å². The fourth-order valence-electron chi connectivity index (χ4n) is 1.34. The number of nitrogens with one attached hydrogen (secondary N) is 1. The van der Waals surface area contributed by atoms with E-state index in [1.54, 1.807) is 13.1 Å². The third-order valence-corrected chi connectivity index (χ3v) is 2.11. The third-order valence-electron chi connectivity index (χ3n) is 2.11. The molecule has 1 heterocycles. The molecule has 0 aliphatic heterocycles. The first-order valence-electron chi connectivity index (χ1n) is 5.07. The van der Waals surface area contributed by atoms with Gasteiger partial charge in [0.1, 0.15) is 11.6 Å². The maximum Gasteiger partial charge on any atom is 0.144 e.